The van der Waals surface area contributed by atoms with Crippen molar-refractivity contribution in [3.8, 4) is 0 Å². The van der Waals surface area contributed by atoms with E-state index in [0.717, 1.165) is 43.7 Å². The lowest BCUT2D eigenvalue weighted by atomic mass is 9.93. The zero-order valence-electron chi connectivity index (χ0n) is 19.0. The van der Waals surface area contributed by atoms with Crippen LogP contribution in [0.1, 0.15) is 77.2 Å². The fraction of sp³-hybridized carbons (Fsp3) is 0.667. The van der Waals surface area contributed by atoms with Crippen LogP contribution in [0.5, 0.6) is 0 Å². The molecule has 0 saturated heterocycles. The highest BCUT2D eigenvalue weighted by atomic mass is 16.6. The molecule has 0 aliphatic rings. The van der Waals surface area contributed by atoms with Crippen LogP contribution >= 0.6 is 0 Å². The van der Waals surface area contributed by atoms with E-state index in [1.165, 1.54) is 37.7 Å². The third kappa shape index (κ3) is 12.3. The van der Waals surface area contributed by atoms with Crippen LogP contribution in [0.3, 0.4) is 0 Å². The Morgan fingerprint density at radius 3 is 1.90 bits per heavy atom. The molecule has 0 aliphatic heterocycles. The van der Waals surface area contributed by atoms with Crippen LogP contribution in [-0.2, 0) is 15.9 Å². The maximum Gasteiger partial charge on any atom is 0.411 e. The molecule has 0 aromatic heterocycles. The van der Waals surface area contributed by atoms with Gasteiger partial charge in [0.05, 0.1) is 13.2 Å². The van der Waals surface area contributed by atoms with Gasteiger partial charge in [-0.1, -0.05) is 70.9 Å². The Labute approximate surface area is 182 Å². The minimum absolute atomic E-state index is 0.353. The van der Waals surface area contributed by atoms with Crippen LogP contribution < -0.4 is 10.6 Å². The number of amides is 2. The molecule has 0 bridgehead atoms. The Bertz CT molecular complexity index is 589. The molecule has 30 heavy (non-hydrogen) atoms. The average molecular weight is 421 g/mol. The van der Waals surface area contributed by atoms with Crippen molar-refractivity contribution in [3.05, 3.63) is 29.8 Å². The van der Waals surface area contributed by atoms with Gasteiger partial charge in [0, 0.05) is 12.7 Å². The van der Waals surface area contributed by atoms with Gasteiger partial charge in [-0.05, 0) is 42.9 Å². The van der Waals surface area contributed by atoms with Gasteiger partial charge in [-0.3, -0.25) is 5.32 Å². The van der Waals surface area contributed by atoms with E-state index < -0.39 is 0 Å². The SMILES string of the molecule is CCc1ccc(NC(=O)OCCCCCC(CC)CCCCCOC(=O)NC)cc1. The zero-order chi connectivity index (χ0) is 22.0. The molecule has 6 nitrogen and oxygen atoms in total. The predicted molar refractivity (Wildman–Crippen MR) is 122 cm³/mol. The Morgan fingerprint density at radius 2 is 1.40 bits per heavy atom. The first-order chi connectivity index (χ1) is 14.6. The molecule has 1 atom stereocenters. The molecule has 0 fully saturated rings. The molecule has 0 radical (unpaired) electrons. The van der Waals surface area contributed by atoms with Crippen LogP contribution in [0.4, 0.5) is 15.3 Å². The van der Waals surface area contributed by atoms with Gasteiger partial charge in [-0.15, -0.1) is 0 Å². The van der Waals surface area contributed by atoms with Gasteiger partial charge < -0.3 is 14.8 Å². The minimum atomic E-state index is -0.383. The minimum Gasteiger partial charge on any atom is -0.450 e. The van der Waals surface area contributed by atoms with E-state index >= 15 is 0 Å². The van der Waals surface area contributed by atoms with Gasteiger partial charge in [0.1, 0.15) is 0 Å². The van der Waals surface area contributed by atoms with E-state index in [9.17, 15) is 9.59 Å². The highest BCUT2D eigenvalue weighted by Gasteiger charge is 2.07. The molecule has 170 valence electrons. The number of rotatable bonds is 15. The van der Waals surface area contributed by atoms with Gasteiger partial charge in [-0.2, -0.15) is 0 Å². The number of aryl methyl sites for hydroxylation is 1. The fourth-order valence-corrected chi connectivity index (χ4v) is 3.36. The molecule has 1 rings (SSSR count). The maximum atomic E-state index is 11.8. The van der Waals surface area contributed by atoms with Crippen molar-refractivity contribution >= 4 is 17.9 Å². The van der Waals surface area contributed by atoms with Crippen LogP contribution in [0.2, 0.25) is 0 Å². The van der Waals surface area contributed by atoms with Crippen molar-refractivity contribution in [3.63, 3.8) is 0 Å². The summed E-state index contributed by atoms with van der Waals surface area (Å²) in [6, 6.07) is 7.83. The Kier molecular flexibility index (Phi) is 14.2. The van der Waals surface area contributed by atoms with Crippen molar-refractivity contribution < 1.29 is 19.1 Å². The van der Waals surface area contributed by atoms with Gasteiger partial charge in [-0.25, -0.2) is 9.59 Å². The Morgan fingerprint density at radius 1 is 0.833 bits per heavy atom. The first-order valence-corrected chi connectivity index (χ1v) is 11.5. The second kappa shape index (κ2) is 16.5. The maximum absolute atomic E-state index is 11.8. The lowest BCUT2D eigenvalue weighted by molar-refractivity contribution is 0.146. The van der Waals surface area contributed by atoms with Crippen molar-refractivity contribution in [2.75, 3.05) is 25.6 Å². The first-order valence-electron chi connectivity index (χ1n) is 11.5. The average Bonchev–Trinajstić information content (AvgIpc) is 2.77. The Balaban J connectivity index is 2.01. The quantitative estimate of drug-likeness (QED) is 0.326. The molecule has 1 aromatic rings. The van der Waals surface area contributed by atoms with E-state index in [1.54, 1.807) is 7.05 Å². The van der Waals surface area contributed by atoms with Gasteiger partial charge in [0.25, 0.3) is 0 Å². The molecule has 2 N–H and O–H groups in total. The fourth-order valence-electron chi connectivity index (χ4n) is 3.36. The third-order valence-electron chi connectivity index (χ3n) is 5.37. The molecular formula is C24H40N2O4. The second-order valence-corrected chi connectivity index (χ2v) is 7.67. The van der Waals surface area contributed by atoms with E-state index in [0.29, 0.717) is 13.2 Å². The summed E-state index contributed by atoms with van der Waals surface area (Å²) >= 11 is 0. The summed E-state index contributed by atoms with van der Waals surface area (Å²) in [4.78, 5) is 22.8. The number of unbranched alkanes of at least 4 members (excludes halogenated alkanes) is 4. The summed E-state index contributed by atoms with van der Waals surface area (Å²) in [5, 5.41) is 5.22. The number of carbonyl (C=O) groups excluding carboxylic acids is 2. The summed E-state index contributed by atoms with van der Waals surface area (Å²) in [6.07, 6.45) is 10.2. The normalized spacial score (nSPS) is 11.6. The lowest BCUT2D eigenvalue weighted by Crippen LogP contribution is -2.19. The molecular weight excluding hydrogens is 380 g/mol. The first kappa shape index (κ1) is 25.8. The molecule has 0 aliphatic carbocycles. The number of nitrogens with one attached hydrogen (secondary N) is 2. The number of benzene rings is 1. The molecule has 6 heteroatoms. The molecule has 0 spiro atoms. The standard InChI is InChI=1S/C24H40N2O4/c1-4-20(12-8-6-10-18-29-23(27)25-3)13-9-7-11-19-30-24(28)26-22-16-14-21(5-2)15-17-22/h14-17,20H,4-13,18-19H2,1-3H3,(H,25,27)(H,26,28). The largest absolute Gasteiger partial charge is 0.450 e. The van der Waals surface area contributed by atoms with Crippen molar-refractivity contribution in [2.24, 2.45) is 5.92 Å². The van der Waals surface area contributed by atoms with E-state index in [4.69, 9.17) is 9.47 Å². The molecule has 0 heterocycles. The van der Waals surface area contributed by atoms with Gasteiger partial charge in [0.15, 0.2) is 0 Å². The summed E-state index contributed by atoms with van der Waals surface area (Å²) in [5.41, 5.74) is 2.01. The summed E-state index contributed by atoms with van der Waals surface area (Å²) in [5.74, 6) is 0.750. The Hall–Kier alpha value is -2.24. The number of hydrogen-bond donors (Lipinski definition) is 2. The van der Waals surface area contributed by atoms with E-state index in [2.05, 4.69) is 24.5 Å². The third-order valence-corrected chi connectivity index (χ3v) is 5.37. The lowest BCUT2D eigenvalue weighted by Gasteiger charge is -2.14. The van der Waals surface area contributed by atoms with Crippen LogP contribution in [-0.4, -0.2) is 32.4 Å². The van der Waals surface area contributed by atoms with Gasteiger partial charge in [0.2, 0.25) is 0 Å². The van der Waals surface area contributed by atoms with Crippen LogP contribution in [0, 0.1) is 5.92 Å². The monoisotopic (exact) mass is 420 g/mol. The molecule has 1 unspecified atom stereocenters. The smallest absolute Gasteiger partial charge is 0.411 e. The van der Waals surface area contributed by atoms with Gasteiger partial charge >= 0.3 is 12.2 Å². The summed E-state index contributed by atoms with van der Waals surface area (Å²) < 4.78 is 10.3. The van der Waals surface area contributed by atoms with E-state index in [-0.39, 0.29) is 12.2 Å². The number of carbonyl (C=O) groups is 2. The van der Waals surface area contributed by atoms with Crippen LogP contribution in [0.25, 0.3) is 0 Å². The van der Waals surface area contributed by atoms with Crippen molar-refractivity contribution in [1.82, 2.24) is 5.32 Å². The van der Waals surface area contributed by atoms with Crippen molar-refractivity contribution in [2.45, 2.75) is 78.1 Å². The predicted octanol–water partition coefficient (Wildman–Crippen LogP) is 6.30. The summed E-state index contributed by atoms with van der Waals surface area (Å²) in [6.45, 7) is 5.31. The van der Waals surface area contributed by atoms with Crippen LogP contribution in [0.15, 0.2) is 24.3 Å². The number of hydrogen-bond acceptors (Lipinski definition) is 4. The molecule has 2 amide bonds. The highest BCUT2D eigenvalue weighted by Crippen LogP contribution is 2.20. The number of ether oxygens (including phenoxy) is 2. The zero-order valence-corrected chi connectivity index (χ0v) is 19.0. The number of alkyl carbamates (subject to hydrolysis) is 1. The van der Waals surface area contributed by atoms with Crippen molar-refractivity contribution in [1.29, 1.82) is 0 Å². The topological polar surface area (TPSA) is 76.7 Å². The number of anilines is 1. The molecule has 1 aromatic carbocycles. The highest BCUT2D eigenvalue weighted by molar-refractivity contribution is 5.84. The summed E-state index contributed by atoms with van der Waals surface area (Å²) in [7, 11) is 1.57. The van der Waals surface area contributed by atoms with E-state index in [1.807, 2.05) is 24.3 Å². The molecule has 0 saturated carbocycles. The second-order valence-electron chi connectivity index (χ2n) is 7.67.